The van der Waals surface area contributed by atoms with Gasteiger partial charge in [-0.2, -0.15) is 0 Å². The van der Waals surface area contributed by atoms with Crippen molar-refractivity contribution in [1.82, 2.24) is 15.0 Å². The van der Waals surface area contributed by atoms with Crippen LogP contribution in [0.5, 0.6) is 11.5 Å². The van der Waals surface area contributed by atoms with Gasteiger partial charge in [0.2, 0.25) is 0 Å². The Kier molecular flexibility index (Phi) is 3.74. The molecule has 0 saturated heterocycles. The number of aryl methyl sites for hydroxylation is 1. The van der Waals surface area contributed by atoms with Gasteiger partial charge in [-0.05, 0) is 50.8 Å². The van der Waals surface area contributed by atoms with Crippen LogP contribution < -0.4 is 10.1 Å². The fraction of sp³-hybridized carbons (Fsp3) is 0.471. The number of rotatable bonds is 2. The standard InChI is InChI=1S/C17H22N4O3/c1-9-10(2)15-12(11(3)14(9)22)6-7-17(4,24-15)16(23)18-13-8-21(5)20-19-13/h8,22H,6-7H2,1-5H3,(H,18,23). The number of nitrogens with one attached hydrogen (secondary N) is 1. The fourth-order valence-electron chi connectivity index (χ4n) is 3.06. The molecule has 2 heterocycles. The lowest BCUT2D eigenvalue weighted by atomic mass is 9.86. The Morgan fingerprint density at radius 2 is 2.04 bits per heavy atom. The van der Waals surface area contributed by atoms with E-state index in [0.29, 0.717) is 30.2 Å². The van der Waals surface area contributed by atoms with Crippen LogP contribution in [0.15, 0.2) is 6.20 Å². The van der Waals surface area contributed by atoms with Crippen molar-refractivity contribution in [2.75, 3.05) is 5.32 Å². The smallest absolute Gasteiger partial charge is 0.269 e. The van der Waals surface area contributed by atoms with Gasteiger partial charge in [-0.3, -0.25) is 9.48 Å². The second-order valence-electron chi connectivity index (χ2n) is 6.60. The molecule has 2 N–H and O–H groups in total. The SMILES string of the molecule is Cc1c(C)c2c(c(C)c1O)CCC(C)(C(=O)Nc1cn(C)nn1)O2. The number of aromatic nitrogens is 3. The summed E-state index contributed by atoms with van der Waals surface area (Å²) >= 11 is 0. The zero-order valence-electron chi connectivity index (χ0n) is 14.6. The Bertz CT molecular complexity index is 828. The van der Waals surface area contributed by atoms with Crippen molar-refractivity contribution in [2.45, 2.75) is 46.1 Å². The molecule has 3 rings (SSSR count). The molecule has 0 spiro atoms. The third kappa shape index (κ3) is 2.50. The topological polar surface area (TPSA) is 89.3 Å². The average molecular weight is 330 g/mol. The number of anilines is 1. The second-order valence-corrected chi connectivity index (χ2v) is 6.60. The number of hydrogen-bond acceptors (Lipinski definition) is 5. The van der Waals surface area contributed by atoms with Gasteiger partial charge in [-0.1, -0.05) is 5.21 Å². The molecule has 1 aromatic carbocycles. The quantitative estimate of drug-likeness (QED) is 0.881. The van der Waals surface area contributed by atoms with Crippen LogP contribution in [0.2, 0.25) is 0 Å². The number of benzene rings is 1. The lowest BCUT2D eigenvalue weighted by Gasteiger charge is -2.36. The first-order valence-corrected chi connectivity index (χ1v) is 7.91. The summed E-state index contributed by atoms with van der Waals surface area (Å²) in [7, 11) is 1.74. The molecule has 1 unspecified atom stereocenters. The van der Waals surface area contributed by atoms with E-state index in [1.807, 2.05) is 20.8 Å². The van der Waals surface area contributed by atoms with E-state index in [2.05, 4.69) is 15.6 Å². The van der Waals surface area contributed by atoms with Gasteiger partial charge in [0, 0.05) is 19.0 Å². The predicted octanol–water partition coefficient (Wildman–Crippen LogP) is 2.17. The monoisotopic (exact) mass is 330 g/mol. The normalized spacial score (nSPS) is 19.5. The summed E-state index contributed by atoms with van der Waals surface area (Å²) < 4.78 is 7.65. The lowest BCUT2D eigenvalue weighted by Crippen LogP contribution is -2.48. The second kappa shape index (κ2) is 5.51. The van der Waals surface area contributed by atoms with Crippen molar-refractivity contribution in [3.05, 3.63) is 28.5 Å². The zero-order valence-corrected chi connectivity index (χ0v) is 14.6. The van der Waals surface area contributed by atoms with E-state index in [4.69, 9.17) is 4.74 Å². The van der Waals surface area contributed by atoms with Crippen molar-refractivity contribution < 1.29 is 14.6 Å². The van der Waals surface area contributed by atoms with Gasteiger partial charge in [0.15, 0.2) is 11.4 Å². The maximum absolute atomic E-state index is 12.7. The Labute approximate surface area is 140 Å². The van der Waals surface area contributed by atoms with Crippen LogP contribution in [0.3, 0.4) is 0 Å². The summed E-state index contributed by atoms with van der Waals surface area (Å²) in [5.41, 5.74) is 2.45. The maximum atomic E-state index is 12.7. The molecule has 128 valence electrons. The molecule has 1 amide bonds. The lowest BCUT2D eigenvalue weighted by molar-refractivity contribution is -0.131. The van der Waals surface area contributed by atoms with E-state index < -0.39 is 5.60 Å². The molecule has 1 aliphatic heterocycles. The Hall–Kier alpha value is -2.57. The van der Waals surface area contributed by atoms with Crippen LogP contribution in [0.4, 0.5) is 5.82 Å². The first-order chi connectivity index (χ1) is 11.2. The summed E-state index contributed by atoms with van der Waals surface area (Å²) in [6, 6.07) is 0. The number of carbonyl (C=O) groups is 1. The molecule has 24 heavy (non-hydrogen) atoms. The van der Waals surface area contributed by atoms with Crippen molar-refractivity contribution in [3.63, 3.8) is 0 Å². The van der Waals surface area contributed by atoms with Crippen LogP contribution in [-0.2, 0) is 18.3 Å². The van der Waals surface area contributed by atoms with Crippen LogP contribution in [0.1, 0.15) is 35.6 Å². The molecular formula is C17H22N4O3. The summed E-state index contributed by atoms with van der Waals surface area (Å²) in [6.07, 6.45) is 2.82. The molecule has 7 heteroatoms. The van der Waals surface area contributed by atoms with Crippen LogP contribution in [-0.4, -0.2) is 31.6 Å². The summed E-state index contributed by atoms with van der Waals surface area (Å²) in [6.45, 7) is 7.41. The molecular weight excluding hydrogens is 308 g/mol. The summed E-state index contributed by atoms with van der Waals surface area (Å²) in [5.74, 6) is 1.15. The summed E-state index contributed by atoms with van der Waals surface area (Å²) in [5, 5.41) is 20.7. The minimum atomic E-state index is -0.995. The zero-order chi connectivity index (χ0) is 17.6. The Morgan fingerprint density at radius 3 is 2.67 bits per heavy atom. The number of phenols is 1. The van der Waals surface area contributed by atoms with E-state index in [1.54, 1.807) is 20.2 Å². The largest absolute Gasteiger partial charge is 0.507 e. The van der Waals surface area contributed by atoms with Gasteiger partial charge in [0.1, 0.15) is 11.5 Å². The molecule has 0 saturated carbocycles. The molecule has 0 fully saturated rings. The number of carbonyl (C=O) groups excluding carboxylic acids is 1. The van der Waals surface area contributed by atoms with E-state index in [0.717, 1.165) is 22.3 Å². The van der Waals surface area contributed by atoms with Crippen LogP contribution in [0.25, 0.3) is 0 Å². The number of fused-ring (bicyclic) bond motifs is 1. The summed E-state index contributed by atoms with van der Waals surface area (Å²) in [4.78, 5) is 12.7. The number of ether oxygens (including phenoxy) is 1. The van der Waals surface area contributed by atoms with Gasteiger partial charge < -0.3 is 15.2 Å². The van der Waals surface area contributed by atoms with Gasteiger partial charge in [0.25, 0.3) is 5.91 Å². The van der Waals surface area contributed by atoms with E-state index in [1.165, 1.54) is 4.68 Å². The molecule has 7 nitrogen and oxygen atoms in total. The van der Waals surface area contributed by atoms with Crippen molar-refractivity contribution >= 4 is 11.7 Å². The highest BCUT2D eigenvalue weighted by atomic mass is 16.5. The van der Waals surface area contributed by atoms with E-state index in [9.17, 15) is 9.90 Å². The fourth-order valence-corrected chi connectivity index (χ4v) is 3.06. The minimum absolute atomic E-state index is 0.253. The molecule has 0 radical (unpaired) electrons. The van der Waals surface area contributed by atoms with Gasteiger partial charge >= 0.3 is 0 Å². The maximum Gasteiger partial charge on any atom is 0.269 e. The van der Waals surface area contributed by atoms with Crippen LogP contribution >= 0.6 is 0 Å². The molecule has 2 aromatic rings. The number of amides is 1. The number of phenolic OH excluding ortho intramolecular Hbond substituents is 1. The Morgan fingerprint density at radius 1 is 1.33 bits per heavy atom. The highest BCUT2D eigenvalue weighted by molar-refractivity contribution is 5.96. The number of aromatic hydroxyl groups is 1. The average Bonchev–Trinajstić information content (AvgIpc) is 2.95. The van der Waals surface area contributed by atoms with Crippen molar-refractivity contribution in [3.8, 4) is 11.5 Å². The molecule has 0 bridgehead atoms. The van der Waals surface area contributed by atoms with Gasteiger partial charge in [-0.15, -0.1) is 5.10 Å². The number of nitrogens with zero attached hydrogens (tertiary/aromatic N) is 3. The highest BCUT2D eigenvalue weighted by Crippen LogP contribution is 2.43. The van der Waals surface area contributed by atoms with Crippen LogP contribution in [0, 0.1) is 20.8 Å². The molecule has 1 atom stereocenters. The number of hydrogen-bond donors (Lipinski definition) is 2. The Balaban J connectivity index is 1.92. The first-order valence-electron chi connectivity index (χ1n) is 7.91. The third-order valence-corrected chi connectivity index (χ3v) is 4.84. The molecule has 1 aliphatic rings. The van der Waals surface area contributed by atoms with Crippen molar-refractivity contribution in [2.24, 2.45) is 7.05 Å². The minimum Gasteiger partial charge on any atom is -0.507 e. The van der Waals surface area contributed by atoms with Gasteiger partial charge in [0.05, 0.1) is 6.20 Å². The highest BCUT2D eigenvalue weighted by Gasteiger charge is 2.41. The first kappa shape index (κ1) is 16.3. The van der Waals surface area contributed by atoms with E-state index in [-0.39, 0.29) is 5.91 Å². The molecule has 0 aliphatic carbocycles. The van der Waals surface area contributed by atoms with Gasteiger partial charge in [-0.25, -0.2) is 0 Å². The van der Waals surface area contributed by atoms with Crippen molar-refractivity contribution in [1.29, 1.82) is 0 Å². The third-order valence-electron chi connectivity index (χ3n) is 4.84. The van der Waals surface area contributed by atoms with E-state index >= 15 is 0 Å². The predicted molar refractivity (Wildman–Crippen MR) is 89.3 cm³/mol. The molecule has 1 aromatic heterocycles.